The fourth-order valence-corrected chi connectivity index (χ4v) is 9.24. The number of carbonyl (C=O) groups excluding carboxylic acids is 2. The standard InChI is InChI=1S/C31H42N4O6S2/c1-24-10-12-26(42(38,39)34-16-5-3-6-17-34)22-28(24)30(36)32-14-9-15-33(21-20-32)31(37)29-23-27(13-11-25(29)2)43(40,41)35-18-7-4-8-19-35/h10-13,22-23H,3-9,14-21H2,1-2H3. The Balaban J connectivity index is 1.31. The first-order chi connectivity index (χ1) is 20.5. The number of sulfonamides is 2. The van der Waals surface area contributed by atoms with E-state index >= 15 is 0 Å². The predicted octanol–water partition coefficient (Wildman–Crippen LogP) is 3.64. The second kappa shape index (κ2) is 13.1. The molecule has 0 spiro atoms. The van der Waals surface area contributed by atoms with Gasteiger partial charge in [-0.15, -0.1) is 0 Å². The van der Waals surface area contributed by atoms with Crippen molar-refractivity contribution in [2.45, 2.75) is 68.6 Å². The number of benzene rings is 2. The van der Waals surface area contributed by atoms with Crippen LogP contribution in [0.4, 0.5) is 0 Å². The first-order valence-corrected chi connectivity index (χ1v) is 18.2. The van der Waals surface area contributed by atoms with Gasteiger partial charge in [-0.05, 0) is 81.3 Å². The SMILES string of the molecule is Cc1ccc(S(=O)(=O)N2CCCCC2)cc1C(=O)N1CCCN(C(=O)c2cc(S(=O)(=O)N3CCCCC3)ccc2C)CC1. The van der Waals surface area contributed by atoms with Crippen molar-refractivity contribution in [1.82, 2.24) is 18.4 Å². The molecule has 3 heterocycles. The minimum Gasteiger partial charge on any atom is -0.337 e. The van der Waals surface area contributed by atoms with Crippen molar-refractivity contribution in [2.75, 3.05) is 52.4 Å². The molecule has 3 fully saturated rings. The molecule has 0 N–H and O–H groups in total. The Morgan fingerprint density at radius 3 is 1.26 bits per heavy atom. The molecule has 0 saturated carbocycles. The summed E-state index contributed by atoms with van der Waals surface area (Å²) in [6, 6.07) is 9.50. The average Bonchev–Trinajstić information content (AvgIpc) is 3.28. The van der Waals surface area contributed by atoms with E-state index in [0.29, 0.717) is 67.9 Å². The summed E-state index contributed by atoms with van der Waals surface area (Å²) in [5, 5.41) is 0. The summed E-state index contributed by atoms with van der Waals surface area (Å²) in [4.78, 5) is 31.0. The lowest BCUT2D eigenvalue weighted by Gasteiger charge is -2.27. The third-order valence-electron chi connectivity index (χ3n) is 8.85. The van der Waals surface area contributed by atoms with Gasteiger partial charge in [0, 0.05) is 63.5 Å². The molecule has 10 nitrogen and oxygen atoms in total. The van der Waals surface area contributed by atoms with Crippen LogP contribution in [-0.2, 0) is 20.0 Å². The van der Waals surface area contributed by atoms with Crippen molar-refractivity contribution in [2.24, 2.45) is 0 Å². The van der Waals surface area contributed by atoms with E-state index in [2.05, 4.69) is 0 Å². The number of rotatable bonds is 6. The maximum Gasteiger partial charge on any atom is 0.254 e. The van der Waals surface area contributed by atoms with E-state index in [4.69, 9.17) is 0 Å². The Kier molecular flexibility index (Phi) is 9.60. The molecule has 12 heteroatoms. The molecule has 0 aromatic heterocycles. The predicted molar refractivity (Wildman–Crippen MR) is 164 cm³/mol. The van der Waals surface area contributed by atoms with Gasteiger partial charge in [0.25, 0.3) is 11.8 Å². The molecule has 43 heavy (non-hydrogen) atoms. The van der Waals surface area contributed by atoms with Crippen LogP contribution >= 0.6 is 0 Å². The minimum atomic E-state index is -3.69. The molecule has 0 atom stereocenters. The number of aryl methyl sites for hydroxylation is 2. The normalized spacial score (nSPS) is 19.7. The fourth-order valence-electron chi connectivity index (χ4n) is 6.16. The molecule has 3 saturated heterocycles. The van der Waals surface area contributed by atoms with Gasteiger partial charge in [-0.2, -0.15) is 8.61 Å². The summed E-state index contributed by atoms with van der Waals surface area (Å²) in [5.41, 5.74) is 2.10. The highest BCUT2D eigenvalue weighted by atomic mass is 32.2. The maximum atomic E-state index is 13.7. The zero-order valence-electron chi connectivity index (χ0n) is 25.1. The van der Waals surface area contributed by atoms with Crippen LogP contribution in [0, 0.1) is 13.8 Å². The van der Waals surface area contributed by atoms with E-state index in [0.717, 1.165) is 38.5 Å². The van der Waals surface area contributed by atoms with Gasteiger partial charge in [-0.1, -0.05) is 25.0 Å². The van der Waals surface area contributed by atoms with Gasteiger partial charge < -0.3 is 9.80 Å². The maximum absolute atomic E-state index is 13.7. The van der Waals surface area contributed by atoms with E-state index < -0.39 is 20.0 Å². The lowest BCUT2D eigenvalue weighted by atomic mass is 10.1. The summed E-state index contributed by atoms with van der Waals surface area (Å²) >= 11 is 0. The summed E-state index contributed by atoms with van der Waals surface area (Å²) in [7, 11) is -7.37. The molecule has 3 aliphatic heterocycles. The Labute approximate surface area is 255 Å². The number of nitrogens with zero attached hydrogens (tertiary/aromatic N) is 4. The Morgan fingerprint density at radius 2 is 0.884 bits per heavy atom. The van der Waals surface area contributed by atoms with E-state index in [9.17, 15) is 26.4 Å². The summed E-state index contributed by atoms with van der Waals surface area (Å²) in [5.74, 6) is -0.512. The molecule has 3 aliphatic rings. The summed E-state index contributed by atoms with van der Waals surface area (Å²) in [6.07, 6.45) is 5.90. The lowest BCUT2D eigenvalue weighted by Crippen LogP contribution is -2.38. The van der Waals surface area contributed by atoms with Crippen LogP contribution in [0.5, 0.6) is 0 Å². The molecule has 5 rings (SSSR count). The third-order valence-corrected chi connectivity index (χ3v) is 12.6. The van der Waals surface area contributed by atoms with Gasteiger partial charge >= 0.3 is 0 Å². The van der Waals surface area contributed by atoms with E-state index in [1.807, 2.05) is 0 Å². The van der Waals surface area contributed by atoms with Crippen molar-refractivity contribution < 1.29 is 26.4 Å². The van der Waals surface area contributed by atoms with Gasteiger partial charge in [-0.3, -0.25) is 9.59 Å². The quantitative estimate of drug-likeness (QED) is 0.482. The van der Waals surface area contributed by atoms with Crippen LogP contribution in [-0.4, -0.2) is 99.4 Å². The second-order valence-electron chi connectivity index (χ2n) is 11.8. The molecule has 0 aliphatic carbocycles. The van der Waals surface area contributed by atoms with Crippen LogP contribution in [0.3, 0.4) is 0 Å². The molecule has 2 aromatic carbocycles. The van der Waals surface area contributed by atoms with Crippen molar-refractivity contribution in [3.05, 3.63) is 58.7 Å². The van der Waals surface area contributed by atoms with E-state index in [1.165, 1.54) is 20.7 Å². The van der Waals surface area contributed by atoms with Gasteiger partial charge in [0.15, 0.2) is 0 Å². The van der Waals surface area contributed by atoms with Crippen molar-refractivity contribution >= 4 is 31.9 Å². The van der Waals surface area contributed by atoms with Gasteiger partial charge in [0.1, 0.15) is 0 Å². The van der Waals surface area contributed by atoms with Crippen LogP contribution < -0.4 is 0 Å². The summed E-state index contributed by atoms with van der Waals surface area (Å²) < 4.78 is 56.1. The van der Waals surface area contributed by atoms with Gasteiger partial charge in [0.2, 0.25) is 20.0 Å². The topological polar surface area (TPSA) is 115 Å². The van der Waals surface area contributed by atoms with Crippen molar-refractivity contribution in [3.63, 3.8) is 0 Å². The third kappa shape index (κ3) is 6.67. The number of carbonyl (C=O) groups is 2. The zero-order valence-corrected chi connectivity index (χ0v) is 26.8. The van der Waals surface area contributed by atoms with Gasteiger partial charge in [-0.25, -0.2) is 16.8 Å². The highest BCUT2D eigenvalue weighted by Crippen LogP contribution is 2.26. The van der Waals surface area contributed by atoms with Crippen LogP contribution in [0.1, 0.15) is 76.8 Å². The number of piperidine rings is 2. The Hall–Kier alpha value is -2.80. The molecule has 0 bridgehead atoms. The Morgan fingerprint density at radius 1 is 0.512 bits per heavy atom. The smallest absolute Gasteiger partial charge is 0.254 e. The van der Waals surface area contributed by atoms with E-state index in [1.54, 1.807) is 47.9 Å². The molecule has 0 radical (unpaired) electrons. The first-order valence-electron chi connectivity index (χ1n) is 15.3. The van der Waals surface area contributed by atoms with Crippen LogP contribution in [0.25, 0.3) is 0 Å². The van der Waals surface area contributed by atoms with Crippen LogP contribution in [0.15, 0.2) is 46.2 Å². The molecule has 2 amide bonds. The van der Waals surface area contributed by atoms with Crippen molar-refractivity contribution in [3.8, 4) is 0 Å². The van der Waals surface area contributed by atoms with Crippen molar-refractivity contribution in [1.29, 1.82) is 0 Å². The fraction of sp³-hybridized carbons (Fsp3) is 0.548. The Bertz CT molecular complexity index is 1460. The van der Waals surface area contributed by atoms with Crippen LogP contribution in [0.2, 0.25) is 0 Å². The highest BCUT2D eigenvalue weighted by molar-refractivity contribution is 7.89. The van der Waals surface area contributed by atoms with E-state index in [-0.39, 0.29) is 34.7 Å². The molecular formula is C31H42N4O6S2. The molecule has 2 aromatic rings. The number of amides is 2. The molecular weight excluding hydrogens is 588 g/mol. The first kappa shape index (κ1) is 31.6. The monoisotopic (exact) mass is 630 g/mol. The largest absolute Gasteiger partial charge is 0.337 e. The number of hydrogen-bond donors (Lipinski definition) is 0. The zero-order chi connectivity index (χ0) is 30.8. The highest BCUT2D eigenvalue weighted by Gasteiger charge is 2.31. The minimum absolute atomic E-state index is 0.129. The number of hydrogen-bond acceptors (Lipinski definition) is 6. The van der Waals surface area contributed by atoms with Gasteiger partial charge in [0.05, 0.1) is 9.79 Å². The molecule has 234 valence electrons. The average molecular weight is 631 g/mol. The summed E-state index contributed by atoms with van der Waals surface area (Å²) in [6.45, 7) is 6.98. The second-order valence-corrected chi connectivity index (χ2v) is 15.7. The molecule has 0 unspecified atom stereocenters. The lowest BCUT2D eigenvalue weighted by molar-refractivity contribution is 0.0717.